The molecule has 0 spiro atoms. The number of methoxy groups -OCH3 is 1. The zero-order valence-corrected chi connectivity index (χ0v) is 7.82. The highest BCUT2D eigenvalue weighted by atomic mass is 16.5. The summed E-state index contributed by atoms with van der Waals surface area (Å²) in [5.74, 6) is 0.155. The Morgan fingerprint density at radius 2 is 2.36 bits per heavy atom. The molecule has 0 unspecified atom stereocenters. The van der Waals surface area contributed by atoms with Gasteiger partial charge in [-0.3, -0.25) is 0 Å². The molecule has 0 saturated heterocycles. The fourth-order valence-electron chi connectivity index (χ4n) is 0.924. The van der Waals surface area contributed by atoms with E-state index in [-0.39, 0.29) is 0 Å². The van der Waals surface area contributed by atoms with E-state index in [9.17, 15) is 4.79 Å². The Kier molecular flexibility index (Phi) is 3.53. The van der Waals surface area contributed by atoms with Crippen LogP contribution in [0, 0.1) is 0 Å². The number of hydrogen-bond acceptors (Lipinski definition) is 3. The molecule has 0 saturated carbocycles. The average Bonchev–Trinajstić information content (AvgIpc) is 2.25. The molecule has 0 amide bonds. The highest BCUT2D eigenvalue weighted by molar-refractivity contribution is 5.89. The van der Waals surface area contributed by atoms with Gasteiger partial charge in [0.15, 0.2) is 0 Å². The quantitative estimate of drug-likeness (QED) is 0.416. The second-order valence-electron chi connectivity index (χ2n) is 2.46. The van der Waals surface area contributed by atoms with E-state index in [0.29, 0.717) is 11.3 Å². The van der Waals surface area contributed by atoms with Crippen molar-refractivity contribution in [3.05, 3.63) is 48.4 Å². The molecular weight excluding hydrogens is 180 g/mol. The molecule has 0 aliphatic carbocycles. The number of esters is 1. The van der Waals surface area contributed by atoms with Crippen LogP contribution >= 0.6 is 0 Å². The third kappa shape index (κ3) is 2.51. The van der Waals surface area contributed by atoms with Crippen molar-refractivity contribution in [2.75, 3.05) is 7.11 Å². The van der Waals surface area contributed by atoms with Crippen molar-refractivity contribution in [2.24, 2.45) is 0 Å². The highest BCUT2D eigenvalue weighted by Crippen LogP contribution is 2.13. The SMILES string of the molecule is C=C=COc1cccc(C(=O)OC)c1. The van der Waals surface area contributed by atoms with Crippen LogP contribution in [0.25, 0.3) is 0 Å². The lowest BCUT2D eigenvalue weighted by Crippen LogP contribution is -2.00. The summed E-state index contributed by atoms with van der Waals surface area (Å²) in [6.45, 7) is 3.35. The third-order valence-corrected chi connectivity index (χ3v) is 1.53. The molecule has 0 bridgehead atoms. The van der Waals surface area contributed by atoms with E-state index in [1.54, 1.807) is 24.3 Å². The number of benzene rings is 1. The Bertz CT molecular complexity index is 376. The van der Waals surface area contributed by atoms with Crippen LogP contribution in [0.1, 0.15) is 10.4 Å². The van der Waals surface area contributed by atoms with E-state index >= 15 is 0 Å². The fourth-order valence-corrected chi connectivity index (χ4v) is 0.924. The lowest BCUT2D eigenvalue weighted by molar-refractivity contribution is 0.0600. The maximum Gasteiger partial charge on any atom is 0.337 e. The molecular formula is C11H10O3. The maximum atomic E-state index is 11.1. The number of rotatable bonds is 3. The van der Waals surface area contributed by atoms with Crippen LogP contribution in [-0.2, 0) is 4.74 Å². The minimum atomic E-state index is -0.391. The van der Waals surface area contributed by atoms with Crippen LogP contribution in [0.4, 0.5) is 0 Å². The molecule has 0 aliphatic heterocycles. The fraction of sp³-hybridized carbons (Fsp3) is 0.0909. The molecule has 3 nitrogen and oxygen atoms in total. The highest BCUT2D eigenvalue weighted by Gasteiger charge is 2.05. The summed E-state index contributed by atoms with van der Waals surface area (Å²) in [5, 5.41) is 0. The van der Waals surface area contributed by atoms with Gasteiger partial charge in [-0.15, -0.1) is 0 Å². The molecule has 0 radical (unpaired) electrons. The molecule has 0 fully saturated rings. The van der Waals surface area contributed by atoms with Crippen LogP contribution in [0.3, 0.4) is 0 Å². The van der Waals surface area contributed by atoms with Gasteiger partial charge in [0.05, 0.1) is 12.7 Å². The summed E-state index contributed by atoms with van der Waals surface area (Å²) < 4.78 is 9.65. The Hall–Kier alpha value is -1.99. The minimum absolute atomic E-state index is 0.391. The van der Waals surface area contributed by atoms with Crippen molar-refractivity contribution in [3.63, 3.8) is 0 Å². The zero-order chi connectivity index (χ0) is 10.4. The van der Waals surface area contributed by atoms with Gasteiger partial charge in [-0.25, -0.2) is 4.79 Å². The van der Waals surface area contributed by atoms with E-state index in [4.69, 9.17) is 4.74 Å². The lowest BCUT2D eigenvalue weighted by atomic mass is 10.2. The first-order valence-corrected chi connectivity index (χ1v) is 3.97. The van der Waals surface area contributed by atoms with Gasteiger partial charge in [-0.1, -0.05) is 18.4 Å². The van der Waals surface area contributed by atoms with Gasteiger partial charge in [-0.2, -0.15) is 0 Å². The monoisotopic (exact) mass is 190 g/mol. The van der Waals surface area contributed by atoms with E-state index in [1.165, 1.54) is 13.4 Å². The molecule has 72 valence electrons. The first-order chi connectivity index (χ1) is 6.77. The minimum Gasteiger partial charge on any atom is -0.465 e. The van der Waals surface area contributed by atoms with Gasteiger partial charge in [0.2, 0.25) is 0 Å². The van der Waals surface area contributed by atoms with Crippen LogP contribution in [-0.4, -0.2) is 13.1 Å². The topological polar surface area (TPSA) is 35.5 Å². The predicted molar refractivity (Wildman–Crippen MR) is 52.1 cm³/mol. The summed E-state index contributed by atoms with van der Waals surface area (Å²) in [4.78, 5) is 11.1. The van der Waals surface area contributed by atoms with Crippen LogP contribution in [0.15, 0.2) is 42.8 Å². The predicted octanol–water partition coefficient (Wildman–Crippen LogP) is 2.15. The van der Waals surface area contributed by atoms with Gasteiger partial charge in [-0.05, 0) is 18.2 Å². The van der Waals surface area contributed by atoms with E-state index in [0.717, 1.165) is 0 Å². The van der Waals surface area contributed by atoms with Crippen molar-refractivity contribution in [3.8, 4) is 5.75 Å². The first-order valence-electron chi connectivity index (χ1n) is 3.97. The van der Waals surface area contributed by atoms with E-state index < -0.39 is 5.97 Å². The molecule has 0 aromatic heterocycles. The molecule has 1 aromatic carbocycles. The maximum absolute atomic E-state index is 11.1. The average molecular weight is 190 g/mol. The summed E-state index contributed by atoms with van der Waals surface area (Å²) >= 11 is 0. The number of carbonyl (C=O) groups is 1. The van der Waals surface area contributed by atoms with Crippen molar-refractivity contribution >= 4 is 5.97 Å². The van der Waals surface area contributed by atoms with Gasteiger partial charge in [0, 0.05) is 0 Å². The third-order valence-electron chi connectivity index (χ3n) is 1.53. The number of hydrogen-bond donors (Lipinski definition) is 0. The van der Waals surface area contributed by atoms with Crippen molar-refractivity contribution in [1.29, 1.82) is 0 Å². The molecule has 0 heterocycles. The van der Waals surface area contributed by atoms with Crippen LogP contribution in [0.5, 0.6) is 5.75 Å². The number of ether oxygens (including phenoxy) is 2. The largest absolute Gasteiger partial charge is 0.465 e. The molecule has 3 heteroatoms. The smallest absolute Gasteiger partial charge is 0.337 e. The molecule has 0 atom stereocenters. The van der Waals surface area contributed by atoms with Crippen LogP contribution < -0.4 is 4.74 Å². The molecule has 0 N–H and O–H groups in total. The Morgan fingerprint density at radius 1 is 1.57 bits per heavy atom. The second kappa shape index (κ2) is 4.90. The lowest BCUT2D eigenvalue weighted by Gasteiger charge is -2.01. The van der Waals surface area contributed by atoms with Gasteiger partial charge < -0.3 is 9.47 Å². The first kappa shape index (κ1) is 10.1. The van der Waals surface area contributed by atoms with Gasteiger partial charge in [0.25, 0.3) is 0 Å². The van der Waals surface area contributed by atoms with Crippen molar-refractivity contribution in [1.82, 2.24) is 0 Å². The van der Waals surface area contributed by atoms with Gasteiger partial charge >= 0.3 is 5.97 Å². The normalized spacial score (nSPS) is 8.64. The zero-order valence-electron chi connectivity index (χ0n) is 7.82. The Balaban J connectivity index is 2.88. The second-order valence-corrected chi connectivity index (χ2v) is 2.46. The van der Waals surface area contributed by atoms with Crippen LogP contribution in [0.2, 0.25) is 0 Å². The summed E-state index contributed by atoms with van der Waals surface area (Å²) in [6.07, 6.45) is 1.32. The molecule has 1 aromatic rings. The summed E-state index contributed by atoms with van der Waals surface area (Å²) in [6, 6.07) is 6.66. The van der Waals surface area contributed by atoms with Crippen molar-refractivity contribution < 1.29 is 14.3 Å². The van der Waals surface area contributed by atoms with Gasteiger partial charge in [0.1, 0.15) is 12.0 Å². The van der Waals surface area contributed by atoms with E-state index in [2.05, 4.69) is 17.0 Å². The van der Waals surface area contributed by atoms with E-state index in [1.807, 2.05) is 0 Å². The molecule has 14 heavy (non-hydrogen) atoms. The number of carbonyl (C=O) groups excluding carboxylic acids is 1. The summed E-state index contributed by atoms with van der Waals surface area (Å²) in [5.41, 5.74) is 2.91. The Labute approximate surface area is 82.3 Å². The van der Waals surface area contributed by atoms with Crippen molar-refractivity contribution in [2.45, 2.75) is 0 Å². The standard InChI is InChI=1S/C11H10O3/c1-3-7-14-10-6-4-5-9(8-10)11(12)13-2/h4-8H,1H2,2H3. The summed E-state index contributed by atoms with van der Waals surface area (Å²) in [7, 11) is 1.33. The molecule has 1 rings (SSSR count). The Morgan fingerprint density at radius 3 is 3.00 bits per heavy atom. The molecule has 0 aliphatic rings.